The van der Waals surface area contributed by atoms with Gasteiger partial charge < -0.3 is 19.9 Å². The Morgan fingerprint density at radius 2 is 1.72 bits per heavy atom. The lowest BCUT2D eigenvalue weighted by Gasteiger charge is -2.30. The number of carboxylic acids is 1. The van der Waals surface area contributed by atoms with Crippen LogP contribution in [0.3, 0.4) is 0 Å². The molecule has 1 amide bonds. The quantitative estimate of drug-likeness (QED) is 0.631. The molecule has 1 aromatic carbocycles. The van der Waals surface area contributed by atoms with Gasteiger partial charge in [-0.1, -0.05) is 39.0 Å². The van der Waals surface area contributed by atoms with E-state index in [2.05, 4.69) is 32.2 Å². The average Bonchev–Trinajstić information content (AvgIpc) is 3.42. The van der Waals surface area contributed by atoms with Gasteiger partial charge in [0.15, 0.2) is 5.54 Å². The van der Waals surface area contributed by atoms with Crippen molar-refractivity contribution in [3.63, 3.8) is 0 Å². The molecule has 0 unspecified atom stereocenters. The molecule has 0 spiro atoms. The van der Waals surface area contributed by atoms with Gasteiger partial charge in [-0.3, -0.25) is 0 Å². The normalized spacial score (nSPS) is 17.4. The van der Waals surface area contributed by atoms with E-state index in [-0.39, 0.29) is 12.5 Å². The van der Waals surface area contributed by atoms with E-state index >= 15 is 0 Å². The number of benzene rings is 1. The lowest BCUT2D eigenvalue weighted by molar-refractivity contribution is -0.145. The first-order valence-corrected chi connectivity index (χ1v) is 10.3. The molecule has 0 saturated heterocycles. The molecule has 0 aliphatic heterocycles. The van der Waals surface area contributed by atoms with E-state index in [9.17, 15) is 14.7 Å². The summed E-state index contributed by atoms with van der Waals surface area (Å²) in [4.78, 5) is 24.1. The monoisotopic (exact) mass is 405 g/mol. The summed E-state index contributed by atoms with van der Waals surface area (Å²) in [6.45, 7) is 12.8. The molecule has 6 heteroatoms. The lowest BCUT2D eigenvalue weighted by Crippen LogP contribution is -2.57. The van der Waals surface area contributed by atoms with Gasteiger partial charge in [-0.2, -0.15) is 0 Å². The Bertz CT molecular complexity index is 748. The molecule has 1 aromatic rings. The summed E-state index contributed by atoms with van der Waals surface area (Å²) in [5.74, 6) is 0.776. The zero-order valence-electron chi connectivity index (χ0n) is 18.7. The van der Waals surface area contributed by atoms with Crippen LogP contribution in [0, 0.1) is 5.92 Å². The van der Waals surface area contributed by atoms with E-state index in [1.54, 1.807) is 20.8 Å². The van der Waals surface area contributed by atoms with Crippen LogP contribution in [-0.4, -0.2) is 34.9 Å². The van der Waals surface area contributed by atoms with E-state index in [1.807, 2.05) is 12.1 Å². The number of nitrogens with one attached hydrogen (secondary N) is 1. The summed E-state index contributed by atoms with van der Waals surface area (Å²) in [5, 5.41) is 12.2. The van der Waals surface area contributed by atoms with Gasteiger partial charge in [0.05, 0.1) is 0 Å². The van der Waals surface area contributed by atoms with Crippen molar-refractivity contribution < 1.29 is 24.2 Å². The molecule has 1 aliphatic carbocycles. The fourth-order valence-corrected chi connectivity index (χ4v) is 3.30. The van der Waals surface area contributed by atoms with Crippen LogP contribution in [0.25, 0.3) is 0 Å². The van der Waals surface area contributed by atoms with E-state index < -0.39 is 23.2 Å². The van der Waals surface area contributed by atoms with Crippen LogP contribution in [0.4, 0.5) is 4.79 Å². The predicted octanol–water partition coefficient (Wildman–Crippen LogP) is 5.07. The molecule has 2 atom stereocenters. The molecule has 2 rings (SSSR count). The number of para-hydroxylation sites is 1. The summed E-state index contributed by atoms with van der Waals surface area (Å²) >= 11 is 0. The lowest BCUT2D eigenvalue weighted by atomic mass is 9.90. The van der Waals surface area contributed by atoms with Crippen molar-refractivity contribution >= 4 is 12.1 Å². The molecule has 29 heavy (non-hydrogen) atoms. The van der Waals surface area contributed by atoms with E-state index in [0.29, 0.717) is 11.8 Å². The maximum absolute atomic E-state index is 12.2. The van der Waals surface area contributed by atoms with Gasteiger partial charge in [0.2, 0.25) is 0 Å². The first kappa shape index (κ1) is 23.0. The number of carboxylic acid groups (broad SMARTS) is 1. The molecule has 1 fully saturated rings. The van der Waals surface area contributed by atoms with Crippen molar-refractivity contribution in [1.82, 2.24) is 5.32 Å². The molecule has 0 radical (unpaired) electrons. The topological polar surface area (TPSA) is 84.9 Å². The van der Waals surface area contributed by atoms with Crippen molar-refractivity contribution in [2.24, 2.45) is 5.92 Å². The third kappa shape index (κ3) is 6.12. The number of alkyl carbamates (subject to hydrolysis) is 1. The number of hydrogen-bond acceptors (Lipinski definition) is 4. The first-order chi connectivity index (χ1) is 13.3. The smallest absolute Gasteiger partial charge is 0.408 e. The summed E-state index contributed by atoms with van der Waals surface area (Å²) in [6, 6.07) is 6.11. The molecule has 0 heterocycles. The zero-order valence-corrected chi connectivity index (χ0v) is 18.7. The maximum atomic E-state index is 12.2. The Morgan fingerprint density at radius 3 is 2.21 bits per heavy atom. The highest BCUT2D eigenvalue weighted by molar-refractivity contribution is 5.84. The van der Waals surface area contributed by atoms with Gasteiger partial charge >= 0.3 is 12.1 Å². The molecule has 1 aliphatic rings. The third-order valence-electron chi connectivity index (χ3n) is 5.27. The maximum Gasteiger partial charge on any atom is 0.408 e. The van der Waals surface area contributed by atoms with Crippen molar-refractivity contribution in [3.05, 3.63) is 29.3 Å². The van der Waals surface area contributed by atoms with Crippen LogP contribution in [-0.2, 0) is 9.53 Å². The molecule has 0 aromatic heterocycles. The second-order valence-electron chi connectivity index (χ2n) is 9.60. The Kier molecular flexibility index (Phi) is 6.86. The zero-order chi connectivity index (χ0) is 22.0. The Morgan fingerprint density at radius 1 is 1.14 bits per heavy atom. The van der Waals surface area contributed by atoms with Crippen molar-refractivity contribution in [2.75, 3.05) is 6.61 Å². The summed E-state index contributed by atoms with van der Waals surface area (Å²) in [7, 11) is 0. The van der Waals surface area contributed by atoms with Gasteiger partial charge in [0.25, 0.3) is 0 Å². The van der Waals surface area contributed by atoms with Crippen LogP contribution in [0.15, 0.2) is 18.2 Å². The standard InChI is InChI=1S/C23H35NO5/c1-14(2)17-9-8-10-18(15(3)16-11-12-16)19(17)28-13-23(7,20(25)26)24-21(27)29-22(4,5)6/h8-10,14-16H,11-13H2,1-7H3,(H,24,27)(H,25,26)/t15-,23+/m1/s1. The third-order valence-corrected chi connectivity index (χ3v) is 5.27. The molecule has 162 valence electrons. The van der Waals surface area contributed by atoms with Crippen molar-refractivity contribution in [2.45, 2.75) is 84.3 Å². The minimum atomic E-state index is -1.62. The largest absolute Gasteiger partial charge is 0.490 e. The highest BCUT2D eigenvalue weighted by Gasteiger charge is 2.39. The number of aliphatic carboxylic acids is 1. The van der Waals surface area contributed by atoms with Gasteiger partial charge in [-0.15, -0.1) is 0 Å². The van der Waals surface area contributed by atoms with Gasteiger partial charge in [0.1, 0.15) is 18.0 Å². The summed E-state index contributed by atoms with van der Waals surface area (Å²) in [5.41, 5.74) is -0.197. The van der Waals surface area contributed by atoms with E-state index in [0.717, 1.165) is 16.9 Å². The van der Waals surface area contributed by atoms with E-state index in [4.69, 9.17) is 9.47 Å². The fourth-order valence-electron chi connectivity index (χ4n) is 3.30. The van der Waals surface area contributed by atoms with Crippen LogP contribution < -0.4 is 10.1 Å². The summed E-state index contributed by atoms with van der Waals surface area (Å²) in [6.07, 6.45) is 1.63. The molecular weight excluding hydrogens is 370 g/mol. The van der Waals surface area contributed by atoms with Crippen LogP contribution in [0.2, 0.25) is 0 Å². The van der Waals surface area contributed by atoms with Crippen LogP contribution >= 0.6 is 0 Å². The number of carbonyl (C=O) groups excluding carboxylic acids is 1. The number of rotatable bonds is 8. The highest BCUT2D eigenvalue weighted by atomic mass is 16.6. The Balaban J connectivity index is 2.26. The second kappa shape index (κ2) is 8.64. The minimum absolute atomic E-state index is 0.199. The number of ether oxygens (including phenoxy) is 2. The molecule has 0 bridgehead atoms. The molecule has 1 saturated carbocycles. The second-order valence-corrected chi connectivity index (χ2v) is 9.60. The predicted molar refractivity (Wildman–Crippen MR) is 113 cm³/mol. The van der Waals surface area contributed by atoms with Crippen molar-refractivity contribution in [1.29, 1.82) is 0 Å². The molecular formula is C23H35NO5. The number of amides is 1. The Hall–Kier alpha value is -2.24. The highest BCUT2D eigenvalue weighted by Crippen LogP contribution is 2.46. The number of carbonyl (C=O) groups is 2. The minimum Gasteiger partial charge on any atom is -0.490 e. The van der Waals surface area contributed by atoms with Crippen LogP contribution in [0.5, 0.6) is 5.75 Å². The van der Waals surface area contributed by atoms with Crippen LogP contribution in [0.1, 0.15) is 84.3 Å². The Labute approximate surface area is 174 Å². The average molecular weight is 406 g/mol. The first-order valence-electron chi connectivity index (χ1n) is 10.3. The molecule has 6 nitrogen and oxygen atoms in total. The summed E-state index contributed by atoms with van der Waals surface area (Å²) < 4.78 is 11.4. The van der Waals surface area contributed by atoms with Gasteiger partial charge in [-0.25, -0.2) is 9.59 Å². The SMILES string of the molecule is CC(C)c1cccc([C@H](C)C2CC2)c1OC[C@](C)(NC(=O)OC(C)(C)C)C(=O)O. The fraction of sp³-hybridized carbons (Fsp3) is 0.652. The van der Waals surface area contributed by atoms with Crippen molar-refractivity contribution in [3.8, 4) is 5.75 Å². The molecule has 2 N–H and O–H groups in total. The van der Waals surface area contributed by atoms with E-state index in [1.165, 1.54) is 19.8 Å². The van der Waals surface area contributed by atoms with Gasteiger partial charge in [0, 0.05) is 0 Å². The number of hydrogen-bond donors (Lipinski definition) is 2. The van der Waals surface area contributed by atoms with Gasteiger partial charge in [-0.05, 0) is 69.4 Å².